The molecule has 5 rings (SSSR count). The molecule has 1 aliphatic rings. The van der Waals surface area contributed by atoms with E-state index < -0.39 is 6.04 Å². The second kappa shape index (κ2) is 8.59. The van der Waals surface area contributed by atoms with Gasteiger partial charge >= 0.3 is 0 Å². The SMILES string of the molecule is CCCCCOc1cccc(C2c3c(oc4ccccc4c3=O)C(=O)N2c2nccs2)c1. The molecule has 7 heteroatoms. The molecular weight excluding hydrogens is 424 g/mol. The number of anilines is 1. The Labute approximate surface area is 189 Å². The first-order chi connectivity index (χ1) is 15.7. The van der Waals surface area contributed by atoms with Crippen LogP contribution in [0.4, 0.5) is 5.13 Å². The highest BCUT2D eigenvalue weighted by Crippen LogP contribution is 2.42. The lowest BCUT2D eigenvalue weighted by atomic mass is 9.98. The number of unbranched alkanes of at least 4 members (excludes halogenated alkanes) is 2. The summed E-state index contributed by atoms with van der Waals surface area (Å²) in [7, 11) is 0. The zero-order valence-electron chi connectivity index (χ0n) is 17.6. The van der Waals surface area contributed by atoms with Crippen LogP contribution in [0.15, 0.2) is 69.3 Å². The van der Waals surface area contributed by atoms with Gasteiger partial charge in [0.05, 0.1) is 23.6 Å². The number of ether oxygens (including phenoxy) is 1. The van der Waals surface area contributed by atoms with E-state index in [4.69, 9.17) is 9.15 Å². The van der Waals surface area contributed by atoms with E-state index >= 15 is 0 Å². The molecule has 3 heterocycles. The summed E-state index contributed by atoms with van der Waals surface area (Å²) >= 11 is 1.35. The van der Waals surface area contributed by atoms with Gasteiger partial charge in [-0.25, -0.2) is 4.98 Å². The summed E-state index contributed by atoms with van der Waals surface area (Å²) in [6, 6.07) is 13.9. The van der Waals surface area contributed by atoms with Crippen molar-refractivity contribution in [1.29, 1.82) is 0 Å². The minimum atomic E-state index is -0.635. The molecule has 1 aliphatic heterocycles. The van der Waals surface area contributed by atoms with Crippen LogP contribution in [0.2, 0.25) is 0 Å². The van der Waals surface area contributed by atoms with Crippen LogP contribution in [0.3, 0.4) is 0 Å². The number of hydrogen-bond acceptors (Lipinski definition) is 6. The van der Waals surface area contributed by atoms with Gasteiger partial charge in [0.1, 0.15) is 11.3 Å². The molecule has 0 radical (unpaired) electrons. The van der Waals surface area contributed by atoms with Gasteiger partial charge in [-0.3, -0.25) is 14.5 Å². The third-order valence-corrected chi connectivity index (χ3v) is 6.36. The first-order valence-electron chi connectivity index (χ1n) is 10.7. The first-order valence-corrected chi connectivity index (χ1v) is 11.6. The van der Waals surface area contributed by atoms with E-state index in [1.165, 1.54) is 11.3 Å². The molecule has 4 aromatic rings. The minimum absolute atomic E-state index is 0.0724. The van der Waals surface area contributed by atoms with Crippen molar-refractivity contribution in [2.24, 2.45) is 0 Å². The third-order valence-electron chi connectivity index (χ3n) is 5.59. The van der Waals surface area contributed by atoms with Gasteiger partial charge in [-0.05, 0) is 36.2 Å². The fourth-order valence-electron chi connectivity index (χ4n) is 4.08. The van der Waals surface area contributed by atoms with Crippen molar-refractivity contribution >= 4 is 33.3 Å². The van der Waals surface area contributed by atoms with Crippen LogP contribution >= 0.6 is 11.3 Å². The molecular formula is C25H22N2O4S. The lowest BCUT2D eigenvalue weighted by Gasteiger charge is -2.23. The molecule has 2 aromatic carbocycles. The number of carbonyl (C=O) groups is 1. The third kappa shape index (κ3) is 3.48. The average molecular weight is 447 g/mol. The Balaban J connectivity index is 1.64. The monoisotopic (exact) mass is 446 g/mol. The maximum atomic E-state index is 13.5. The van der Waals surface area contributed by atoms with Gasteiger partial charge in [0, 0.05) is 11.6 Å². The molecule has 0 saturated carbocycles. The van der Waals surface area contributed by atoms with Crippen molar-refractivity contribution in [3.05, 3.63) is 87.2 Å². The lowest BCUT2D eigenvalue weighted by molar-refractivity contribution is 0.0971. The number of aromatic nitrogens is 1. The molecule has 162 valence electrons. The Morgan fingerprint density at radius 1 is 1.12 bits per heavy atom. The van der Waals surface area contributed by atoms with Gasteiger partial charge in [-0.2, -0.15) is 0 Å². The average Bonchev–Trinajstić information content (AvgIpc) is 3.44. The summed E-state index contributed by atoms with van der Waals surface area (Å²) in [4.78, 5) is 32.8. The van der Waals surface area contributed by atoms with Crippen LogP contribution in [0.1, 0.15) is 53.9 Å². The van der Waals surface area contributed by atoms with E-state index in [2.05, 4.69) is 11.9 Å². The highest BCUT2D eigenvalue weighted by Gasteiger charge is 2.44. The normalized spacial score (nSPS) is 15.3. The van der Waals surface area contributed by atoms with Gasteiger partial charge in [0.25, 0.3) is 5.91 Å². The second-order valence-corrected chi connectivity index (χ2v) is 8.56. The molecule has 0 spiro atoms. The number of hydrogen-bond donors (Lipinski definition) is 0. The predicted octanol–water partition coefficient (Wildman–Crippen LogP) is 5.57. The minimum Gasteiger partial charge on any atom is -0.494 e. The van der Waals surface area contributed by atoms with Crippen LogP contribution in [0.5, 0.6) is 5.75 Å². The molecule has 1 unspecified atom stereocenters. The Morgan fingerprint density at radius 3 is 2.81 bits per heavy atom. The van der Waals surface area contributed by atoms with Gasteiger partial charge in [0.15, 0.2) is 10.6 Å². The molecule has 6 nitrogen and oxygen atoms in total. The lowest BCUT2D eigenvalue weighted by Crippen LogP contribution is -2.29. The number of rotatable bonds is 7. The summed E-state index contributed by atoms with van der Waals surface area (Å²) in [6.45, 7) is 2.78. The van der Waals surface area contributed by atoms with Crippen molar-refractivity contribution in [2.75, 3.05) is 11.5 Å². The highest BCUT2D eigenvalue weighted by molar-refractivity contribution is 7.13. The van der Waals surface area contributed by atoms with Gasteiger partial charge in [-0.1, -0.05) is 44.0 Å². The summed E-state index contributed by atoms with van der Waals surface area (Å²) in [6.07, 6.45) is 4.85. The van der Waals surface area contributed by atoms with Crippen LogP contribution in [0.25, 0.3) is 11.0 Å². The van der Waals surface area contributed by atoms with Crippen molar-refractivity contribution in [2.45, 2.75) is 32.2 Å². The summed E-state index contributed by atoms with van der Waals surface area (Å²) in [5.74, 6) is 0.420. The van der Waals surface area contributed by atoms with E-state index in [-0.39, 0.29) is 17.1 Å². The molecule has 0 aliphatic carbocycles. The maximum absolute atomic E-state index is 13.5. The Bertz CT molecular complexity index is 1330. The molecule has 0 fully saturated rings. The first kappa shape index (κ1) is 20.5. The second-order valence-electron chi connectivity index (χ2n) is 7.69. The van der Waals surface area contributed by atoms with E-state index in [9.17, 15) is 9.59 Å². The Kier molecular flexibility index (Phi) is 5.49. The molecule has 2 aromatic heterocycles. The maximum Gasteiger partial charge on any atom is 0.297 e. The van der Waals surface area contributed by atoms with Crippen LogP contribution < -0.4 is 15.1 Å². The molecule has 1 atom stereocenters. The molecule has 1 amide bonds. The number of thiazole rings is 1. The van der Waals surface area contributed by atoms with Crippen LogP contribution in [-0.2, 0) is 0 Å². The predicted molar refractivity (Wildman–Crippen MR) is 125 cm³/mol. The summed E-state index contributed by atoms with van der Waals surface area (Å²) in [5, 5.41) is 2.78. The standard InChI is InChI=1S/C25H22N2O4S/c1-2-3-6-13-30-17-9-7-8-16(15-17)21-20-22(28)18-10-4-5-11-19(18)31-23(20)24(29)27(21)25-26-12-14-32-25/h4-5,7-12,14-15,21H,2-3,6,13H2,1H3. The fraction of sp³-hybridized carbons (Fsp3) is 0.240. The Hall–Kier alpha value is -3.45. The summed E-state index contributed by atoms with van der Waals surface area (Å²) in [5.41, 5.74) is 1.32. The van der Waals surface area contributed by atoms with Crippen molar-refractivity contribution in [3.8, 4) is 5.75 Å². The molecule has 32 heavy (non-hydrogen) atoms. The molecule has 0 saturated heterocycles. The number of carbonyl (C=O) groups excluding carboxylic acids is 1. The highest BCUT2D eigenvalue weighted by atomic mass is 32.1. The molecule has 0 bridgehead atoms. The summed E-state index contributed by atoms with van der Waals surface area (Å²) < 4.78 is 11.9. The quantitative estimate of drug-likeness (QED) is 0.347. The van der Waals surface area contributed by atoms with E-state index in [0.717, 1.165) is 24.8 Å². The number of benzene rings is 2. The van der Waals surface area contributed by atoms with E-state index in [1.54, 1.807) is 35.4 Å². The van der Waals surface area contributed by atoms with Crippen molar-refractivity contribution < 1.29 is 13.9 Å². The largest absolute Gasteiger partial charge is 0.494 e. The zero-order chi connectivity index (χ0) is 22.1. The molecule has 0 N–H and O–H groups in total. The smallest absolute Gasteiger partial charge is 0.297 e. The van der Waals surface area contributed by atoms with Crippen LogP contribution in [0, 0.1) is 0 Å². The van der Waals surface area contributed by atoms with Crippen molar-refractivity contribution in [1.82, 2.24) is 4.98 Å². The van der Waals surface area contributed by atoms with Crippen LogP contribution in [-0.4, -0.2) is 17.5 Å². The van der Waals surface area contributed by atoms with Gasteiger partial charge in [-0.15, -0.1) is 11.3 Å². The zero-order valence-corrected chi connectivity index (χ0v) is 18.4. The Morgan fingerprint density at radius 2 is 2.00 bits per heavy atom. The van der Waals surface area contributed by atoms with E-state index in [1.807, 2.05) is 29.6 Å². The topological polar surface area (TPSA) is 72.6 Å². The number of amides is 1. The number of nitrogens with zero attached hydrogens (tertiary/aromatic N) is 2. The number of fused-ring (bicyclic) bond motifs is 2. The number of para-hydroxylation sites is 1. The van der Waals surface area contributed by atoms with Gasteiger partial charge < -0.3 is 9.15 Å². The van der Waals surface area contributed by atoms with E-state index in [0.29, 0.717) is 34.0 Å². The fourth-order valence-corrected chi connectivity index (χ4v) is 4.75. The van der Waals surface area contributed by atoms with Crippen molar-refractivity contribution in [3.63, 3.8) is 0 Å². The van der Waals surface area contributed by atoms with Gasteiger partial charge in [0.2, 0.25) is 5.76 Å².